The van der Waals surface area contributed by atoms with Crippen LogP contribution in [0.5, 0.6) is 5.88 Å². The van der Waals surface area contributed by atoms with Crippen molar-refractivity contribution in [1.82, 2.24) is 9.88 Å². The molecule has 1 aliphatic heterocycles. The number of nitrogens with two attached hydrogens (primary N) is 1. The second-order valence-corrected chi connectivity index (χ2v) is 6.70. The standard InChI is InChI=1S/C16H28N4O/c1-6-19-9-10-20(11-12(19)2)14-8-7-13(17)15(18-14)21-16(3,4)5/h7-8,12H,6,9-11,17H2,1-5H3. The first-order valence-electron chi connectivity index (χ1n) is 7.74. The van der Waals surface area contributed by atoms with Gasteiger partial charge in [-0.3, -0.25) is 4.90 Å². The van der Waals surface area contributed by atoms with Crippen LogP contribution in [-0.2, 0) is 0 Å². The van der Waals surface area contributed by atoms with Gasteiger partial charge in [0, 0.05) is 25.7 Å². The van der Waals surface area contributed by atoms with Crippen molar-refractivity contribution in [3.8, 4) is 5.88 Å². The average Bonchev–Trinajstić information content (AvgIpc) is 2.39. The summed E-state index contributed by atoms with van der Waals surface area (Å²) in [7, 11) is 0. The lowest BCUT2D eigenvalue weighted by Gasteiger charge is -2.40. The maximum atomic E-state index is 5.98. The number of ether oxygens (including phenoxy) is 1. The van der Waals surface area contributed by atoms with Crippen LogP contribution < -0.4 is 15.4 Å². The number of likely N-dealkylation sites (N-methyl/N-ethyl adjacent to an activating group) is 1. The fourth-order valence-electron chi connectivity index (χ4n) is 2.66. The molecule has 1 fully saturated rings. The van der Waals surface area contributed by atoms with E-state index in [-0.39, 0.29) is 5.60 Å². The SMILES string of the molecule is CCN1CCN(c2ccc(N)c(OC(C)(C)C)n2)CC1C. The molecule has 0 amide bonds. The zero-order chi connectivity index (χ0) is 15.6. The molecule has 1 aromatic heterocycles. The molecular formula is C16H28N4O. The van der Waals surface area contributed by atoms with Crippen molar-refractivity contribution in [2.24, 2.45) is 0 Å². The minimum atomic E-state index is -0.298. The van der Waals surface area contributed by atoms with Crippen molar-refractivity contribution in [2.75, 3.05) is 36.8 Å². The van der Waals surface area contributed by atoms with E-state index in [1.54, 1.807) is 0 Å². The summed E-state index contributed by atoms with van der Waals surface area (Å²) in [5.41, 5.74) is 6.28. The monoisotopic (exact) mass is 292 g/mol. The van der Waals surface area contributed by atoms with Gasteiger partial charge in [-0.05, 0) is 46.4 Å². The highest BCUT2D eigenvalue weighted by Gasteiger charge is 2.24. The van der Waals surface area contributed by atoms with Crippen LogP contribution in [0.1, 0.15) is 34.6 Å². The Bertz CT molecular complexity index is 484. The number of nitrogens with zero attached hydrogens (tertiary/aromatic N) is 3. The second kappa shape index (κ2) is 6.10. The molecule has 0 saturated carbocycles. The van der Waals surface area contributed by atoms with Gasteiger partial charge in [-0.25, -0.2) is 0 Å². The normalized spacial score (nSPS) is 20.6. The van der Waals surface area contributed by atoms with Gasteiger partial charge in [-0.2, -0.15) is 4.98 Å². The van der Waals surface area contributed by atoms with Gasteiger partial charge in [0.1, 0.15) is 11.4 Å². The summed E-state index contributed by atoms with van der Waals surface area (Å²) in [4.78, 5) is 9.42. The number of piperazine rings is 1. The topological polar surface area (TPSA) is 54.6 Å². The van der Waals surface area contributed by atoms with E-state index >= 15 is 0 Å². The lowest BCUT2D eigenvalue weighted by atomic mass is 10.2. The average molecular weight is 292 g/mol. The van der Waals surface area contributed by atoms with Gasteiger partial charge in [0.25, 0.3) is 0 Å². The van der Waals surface area contributed by atoms with E-state index in [0.29, 0.717) is 17.6 Å². The van der Waals surface area contributed by atoms with E-state index in [1.807, 2.05) is 32.9 Å². The van der Waals surface area contributed by atoms with Gasteiger partial charge >= 0.3 is 0 Å². The third-order valence-electron chi connectivity index (χ3n) is 3.77. The molecule has 21 heavy (non-hydrogen) atoms. The zero-order valence-electron chi connectivity index (χ0n) is 13.9. The minimum Gasteiger partial charge on any atom is -0.470 e. The highest BCUT2D eigenvalue weighted by Crippen LogP contribution is 2.27. The van der Waals surface area contributed by atoms with Gasteiger partial charge in [0.15, 0.2) is 0 Å². The lowest BCUT2D eigenvalue weighted by Crippen LogP contribution is -2.52. The number of anilines is 2. The van der Waals surface area contributed by atoms with E-state index < -0.39 is 0 Å². The molecule has 0 bridgehead atoms. The quantitative estimate of drug-likeness (QED) is 0.927. The van der Waals surface area contributed by atoms with Crippen LogP contribution in [0.25, 0.3) is 0 Å². The van der Waals surface area contributed by atoms with Gasteiger partial charge in [0.2, 0.25) is 5.88 Å². The Labute approximate surface area is 128 Å². The van der Waals surface area contributed by atoms with Crippen molar-refractivity contribution >= 4 is 11.5 Å². The lowest BCUT2D eigenvalue weighted by molar-refractivity contribution is 0.125. The summed E-state index contributed by atoms with van der Waals surface area (Å²) in [5, 5.41) is 0. The van der Waals surface area contributed by atoms with Crippen molar-refractivity contribution in [1.29, 1.82) is 0 Å². The van der Waals surface area contributed by atoms with Gasteiger partial charge in [-0.15, -0.1) is 0 Å². The molecule has 1 unspecified atom stereocenters. The van der Waals surface area contributed by atoms with Gasteiger partial charge in [0.05, 0.1) is 5.69 Å². The molecule has 0 aliphatic carbocycles. The molecule has 5 heteroatoms. The minimum absolute atomic E-state index is 0.298. The summed E-state index contributed by atoms with van der Waals surface area (Å²) >= 11 is 0. The fraction of sp³-hybridized carbons (Fsp3) is 0.688. The zero-order valence-corrected chi connectivity index (χ0v) is 13.9. The molecule has 118 valence electrons. The highest BCUT2D eigenvalue weighted by atomic mass is 16.5. The van der Waals surface area contributed by atoms with Crippen LogP contribution in [0, 0.1) is 0 Å². The van der Waals surface area contributed by atoms with Gasteiger partial charge in [-0.1, -0.05) is 6.92 Å². The summed E-state index contributed by atoms with van der Waals surface area (Å²) in [5.74, 6) is 1.48. The molecule has 1 atom stereocenters. The number of hydrogen-bond acceptors (Lipinski definition) is 5. The number of hydrogen-bond donors (Lipinski definition) is 1. The first kappa shape index (κ1) is 15.9. The summed E-state index contributed by atoms with van der Waals surface area (Å²) in [6.07, 6.45) is 0. The van der Waals surface area contributed by atoms with Crippen molar-refractivity contribution in [2.45, 2.75) is 46.3 Å². The first-order valence-corrected chi connectivity index (χ1v) is 7.74. The third-order valence-corrected chi connectivity index (χ3v) is 3.77. The Hall–Kier alpha value is -1.49. The van der Waals surface area contributed by atoms with Crippen LogP contribution >= 0.6 is 0 Å². The van der Waals surface area contributed by atoms with Crippen LogP contribution in [0.4, 0.5) is 11.5 Å². The van der Waals surface area contributed by atoms with Crippen molar-refractivity contribution < 1.29 is 4.74 Å². The smallest absolute Gasteiger partial charge is 0.239 e. The molecule has 2 N–H and O–H groups in total. The van der Waals surface area contributed by atoms with Crippen LogP contribution in [-0.4, -0.2) is 47.7 Å². The van der Waals surface area contributed by atoms with Crippen LogP contribution in [0.2, 0.25) is 0 Å². The molecule has 2 rings (SSSR count). The second-order valence-electron chi connectivity index (χ2n) is 6.70. The number of aromatic nitrogens is 1. The van der Waals surface area contributed by atoms with E-state index in [1.165, 1.54) is 0 Å². The molecular weight excluding hydrogens is 264 g/mol. The Balaban J connectivity index is 2.16. The highest BCUT2D eigenvalue weighted by molar-refractivity contribution is 5.55. The number of rotatable bonds is 3. The number of nitrogen functional groups attached to an aromatic ring is 1. The van der Waals surface area contributed by atoms with E-state index in [9.17, 15) is 0 Å². The molecule has 0 aromatic carbocycles. The third kappa shape index (κ3) is 4.00. The van der Waals surface area contributed by atoms with Crippen LogP contribution in [0.15, 0.2) is 12.1 Å². The maximum absolute atomic E-state index is 5.98. The fourth-order valence-corrected chi connectivity index (χ4v) is 2.66. The first-order chi connectivity index (χ1) is 9.80. The Morgan fingerprint density at radius 1 is 1.33 bits per heavy atom. The largest absolute Gasteiger partial charge is 0.470 e. The predicted molar refractivity (Wildman–Crippen MR) is 88.0 cm³/mol. The summed E-state index contributed by atoms with van der Waals surface area (Å²) in [6.45, 7) is 14.6. The molecule has 0 spiro atoms. The van der Waals surface area contributed by atoms with E-state index in [0.717, 1.165) is 32.0 Å². The maximum Gasteiger partial charge on any atom is 0.239 e. The summed E-state index contributed by atoms with van der Waals surface area (Å²) < 4.78 is 5.86. The molecule has 0 radical (unpaired) electrons. The van der Waals surface area contributed by atoms with Crippen molar-refractivity contribution in [3.63, 3.8) is 0 Å². The Morgan fingerprint density at radius 2 is 2.05 bits per heavy atom. The Kier molecular flexibility index (Phi) is 4.61. The van der Waals surface area contributed by atoms with Crippen LogP contribution in [0.3, 0.4) is 0 Å². The molecule has 1 aliphatic rings. The Morgan fingerprint density at radius 3 is 2.62 bits per heavy atom. The predicted octanol–water partition coefficient (Wildman–Crippen LogP) is 2.37. The molecule has 2 heterocycles. The van der Waals surface area contributed by atoms with E-state index in [4.69, 9.17) is 10.5 Å². The molecule has 5 nitrogen and oxygen atoms in total. The molecule has 1 saturated heterocycles. The number of pyridine rings is 1. The van der Waals surface area contributed by atoms with Crippen molar-refractivity contribution in [3.05, 3.63) is 12.1 Å². The van der Waals surface area contributed by atoms with Gasteiger partial charge < -0.3 is 15.4 Å². The summed E-state index contributed by atoms with van der Waals surface area (Å²) in [6, 6.07) is 4.41. The van der Waals surface area contributed by atoms with E-state index in [2.05, 4.69) is 28.6 Å². The molecule has 1 aromatic rings.